The second kappa shape index (κ2) is 9.64. The van der Waals surface area contributed by atoms with Gasteiger partial charge in [0.1, 0.15) is 11.6 Å². The van der Waals surface area contributed by atoms with E-state index in [-0.39, 0.29) is 17.5 Å². The highest BCUT2D eigenvalue weighted by Crippen LogP contribution is 2.20. The van der Waals surface area contributed by atoms with Gasteiger partial charge in [-0.25, -0.2) is 4.39 Å². The van der Waals surface area contributed by atoms with Crippen LogP contribution < -0.4 is 10.5 Å². The van der Waals surface area contributed by atoms with Crippen molar-refractivity contribution in [2.45, 2.75) is 12.8 Å². The summed E-state index contributed by atoms with van der Waals surface area (Å²) in [5.41, 5.74) is 7.43. The van der Waals surface area contributed by atoms with E-state index >= 15 is 0 Å². The van der Waals surface area contributed by atoms with Gasteiger partial charge in [-0.2, -0.15) is 4.99 Å². The fourth-order valence-corrected chi connectivity index (χ4v) is 2.62. The number of nitrogens with two attached hydrogens (primary N) is 1. The molecule has 7 heteroatoms. The van der Waals surface area contributed by atoms with Crippen molar-refractivity contribution in [3.8, 4) is 5.75 Å². The maximum absolute atomic E-state index is 13.1. The van der Waals surface area contributed by atoms with Crippen molar-refractivity contribution in [2.75, 3.05) is 21.2 Å². The Morgan fingerprint density at radius 1 is 1.18 bits per heavy atom. The topological polar surface area (TPSA) is 91.8 Å². The van der Waals surface area contributed by atoms with Crippen molar-refractivity contribution in [1.82, 2.24) is 4.90 Å². The van der Waals surface area contributed by atoms with Crippen LogP contribution in [0, 0.1) is 17.1 Å². The molecule has 3 N–H and O–H groups in total. The third-order valence-corrected chi connectivity index (χ3v) is 4.37. The summed E-state index contributed by atoms with van der Waals surface area (Å²) < 4.78 is 18.2. The van der Waals surface area contributed by atoms with Gasteiger partial charge in [0.25, 0.3) is 5.91 Å². The van der Waals surface area contributed by atoms with Gasteiger partial charge in [0.05, 0.1) is 18.7 Å². The van der Waals surface area contributed by atoms with E-state index in [1.807, 2.05) is 0 Å². The first kappa shape index (κ1) is 21.1. The molecule has 6 nitrogen and oxygen atoms in total. The number of guanidine groups is 1. The lowest BCUT2D eigenvalue weighted by Gasteiger charge is -2.17. The lowest BCUT2D eigenvalue weighted by atomic mass is 9.90. The van der Waals surface area contributed by atoms with Gasteiger partial charge < -0.3 is 20.8 Å². The summed E-state index contributed by atoms with van der Waals surface area (Å²) in [6.45, 7) is 0. The molecule has 0 aliphatic carbocycles. The van der Waals surface area contributed by atoms with Gasteiger partial charge in [-0.3, -0.25) is 4.79 Å². The van der Waals surface area contributed by atoms with Crippen LogP contribution in [0.5, 0.6) is 5.75 Å². The number of benzene rings is 2. The van der Waals surface area contributed by atoms with Crippen LogP contribution in [-0.4, -0.2) is 43.7 Å². The molecule has 0 radical (unpaired) electrons. The fourth-order valence-electron chi connectivity index (χ4n) is 2.62. The largest absolute Gasteiger partial charge is 0.497 e. The minimum atomic E-state index is -0.767. The average molecular weight is 384 g/mol. The Hall–Kier alpha value is -3.22. The minimum Gasteiger partial charge on any atom is -0.497 e. The van der Waals surface area contributed by atoms with Crippen molar-refractivity contribution >= 4 is 17.6 Å². The van der Waals surface area contributed by atoms with E-state index in [9.17, 15) is 9.18 Å². The van der Waals surface area contributed by atoms with Crippen LogP contribution >= 0.6 is 0 Å². The van der Waals surface area contributed by atoms with E-state index < -0.39 is 11.8 Å². The van der Waals surface area contributed by atoms with Crippen LogP contribution in [0.15, 0.2) is 53.5 Å². The lowest BCUT2D eigenvalue weighted by molar-refractivity contribution is -0.119. The Labute approximate surface area is 164 Å². The highest BCUT2D eigenvalue weighted by atomic mass is 19.1. The zero-order chi connectivity index (χ0) is 20.7. The molecule has 0 saturated carbocycles. The first-order chi connectivity index (χ1) is 13.3. The Morgan fingerprint density at radius 2 is 1.79 bits per heavy atom. The van der Waals surface area contributed by atoms with Crippen LogP contribution in [0.25, 0.3) is 0 Å². The summed E-state index contributed by atoms with van der Waals surface area (Å²) in [5, 5.41) is 8.55. The molecule has 0 bridgehead atoms. The van der Waals surface area contributed by atoms with Crippen molar-refractivity contribution in [2.24, 2.45) is 16.6 Å². The number of rotatable bonds is 7. The number of nitrogens with zero attached hydrogens (tertiary/aromatic N) is 2. The first-order valence-corrected chi connectivity index (χ1v) is 8.84. The number of methoxy groups -OCH3 is 1. The van der Waals surface area contributed by atoms with E-state index in [1.54, 1.807) is 57.6 Å². The molecule has 0 fully saturated rings. The summed E-state index contributed by atoms with van der Waals surface area (Å²) in [6, 6.07) is 13.0. The number of hydrogen-bond donors (Lipinski definition) is 2. The third-order valence-electron chi connectivity index (χ3n) is 4.37. The highest BCUT2D eigenvalue weighted by molar-refractivity contribution is 6.13. The fraction of sp³-hybridized carbons (Fsp3) is 0.286. The molecule has 2 aromatic rings. The Bertz CT molecular complexity index is 846. The predicted molar refractivity (Wildman–Crippen MR) is 108 cm³/mol. The van der Waals surface area contributed by atoms with E-state index in [4.69, 9.17) is 15.9 Å². The van der Waals surface area contributed by atoms with Gasteiger partial charge in [0.15, 0.2) is 5.96 Å². The Kier molecular flexibility index (Phi) is 7.26. The first-order valence-electron chi connectivity index (χ1n) is 8.84. The molecular weight excluding hydrogens is 359 g/mol. The average Bonchev–Trinajstić information content (AvgIpc) is 2.69. The number of ether oxygens (including phenoxy) is 1. The summed E-state index contributed by atoms with van der Waals surface area (Å²) >= 11 is 0. The number of halogens is 1. The summed E-state index contributed by atoms with van der Waals surface area (Å²) in [5.74, 6) is -0.809. The number of aryl methyl sites for hydroxylation is 1. The van der Waals surface area contributed by atoms with Crippen LogP contribution in [0.4, 0.5) is 4.39 Å². The van der Waals surface area contributed by atoms with Crippen molar-refractivity contribution in [1.29, 1.82) is 5.41 Å². The molecule has 0 heterocycles. The summed E-state index contributed by atoms with van der Waals surface area (Å²) in [6.07, 6.45) is 0.867. The maximum Gasteiger partial charge on any atom is 0.258 e. The molecule has 0 aromatic heterocycles. The van der Waals surface area contributed by atoms with Crippen molar-refractivity contribution in [3.05, 3.63) is 65.5 Å². The van der Waals surface area contributed by atoms with E-state index in [2.05, 4.69) is 4.99 Å². The van der Waals surface area contributed by atoms with Crippen LogP contribution in [0.3, 0.4) is 0 Å². The van der Waals surface area contributed by atoms with Crippen LogP contribution in [0.2, 0.25) is 0 Å². The molecule has 1 atom stereocenters. The minimum absolute atomic E-state index is 0.0827. The SMILES string of the molecule is COc1ccc(C(=N)C(CCc2ccc(F)cc2)C(=O)N=C(N)N(C)C)cc1. The Morgan fingerprint density at radius 3 is 2.32 bits per heavy atom. The normalized spacial score (nSPS) is 12.4. The number of nitrogens with one attached hydrogen (secondary N) is 1. The standard InChI is InChI=1S/C21H25FN4O2/c1-26(2)21(24)25-20(27)18(13-6-14-4-9-16(22)10-5-14)19(23)15-7-11-17(28-3)12-8-15/h4-5,7-12,18,23H,6,13H2,1-3H3,(H2,24,25,27). The van der Waals surface area contributed by atoms with Gasteiger partial charge in [0, 0.05) is 14.1 Å². The van der Waals surface area contributed by atoms with Crippen LogP contribution in [-0.2, 0) is 11.2 Å². The van der Waals surface area contributed by atoms with Gasteiger partial charge in [-0.05, 0) is 60.4 Å². The highest BCUT2D eigenvalue weighted by Gasteiger charge is 2.25. The second-order valence-corrected chi connectivity index (χ2v) is 6.56. The number of amides is 1. The molecule has 0 aliphatic heterocycles. The lowest BCUT2D eigenvalue weighted by Crippen LogP contribution is -2.33. The van der Waals surface area contributed by atoms with Gasteiger partial charge in [0.2, 0.25) is 0 Å². The number of carbonyl (C=O) groups excluding carboxylic acids is 1. The molecule has 0 aliphatic rings. The van der Waals surface area contributed by atoms with Crippen LogP contribution in [0.1, 0.15) is 17.5 Å². The molecule has 1 amide bonds. The van der Waals surface area contributed by atoms with E-state index in [1.165, 1.54) is 17.0 Å². The monoisotopic (exact) mass is 384 g/mol. The summed E-state index contributed by atoms with van der Waals surface area (Å²) in [4.78, 5) is 18.2. The molecule has 148 valence electrons. The quantitative estimate of drug-likeness (QED) is 0.567. The Balaban J connectivity index is 2.25. The maximum atomic E-state index is 13.1. The molecule has 2 rings (SSSR count). The van der Waals surface area contributed by atoms with E-state index in [0.717, 1.165) is 5.56 Å². The zero-order valence-electron chi connectivity index (χ0n) is 16.3. The van der Waals surface area contributed by atoms with Gasteiger partial charge in [-0.1, -0.05) is 12.1 Å². The molecular formula is C21H25FN4O2. The third kappa shape index (κ3) is 5.64. The van der Waals surface area contributed by atoms with Crippen molar-refractivity contribution < 1.29 is 13.9 Å². The number of hydrogen-bond acceptors (Lipinski definition) is 3. The summed E-state index contributed by atoms with van der Waals surface area (Å²) in [7, 11) is 4.94. The predicted octanol–water partition coefficient (Wildman–Crippen LogP) is 2.85. The number of aliphatic imine (C=N–C) groups is 1. The molecule has 2 aromatic carbocycles. The molecule has 28 heavy (non-hydrogen) atoms. The van der Waals surface area contributed by atoms with Gasteiger partial charge in [-0.15, -0.1) is 0 Å². The molecule has 0 spiro atoms. The zero-order valence-corrected chi connectivity index (χ0v) is 16.3. The molecule has 0 saturated heterocycles. The van der Waals surface area contributed by atoms with Crippen molar-refractivity contribution in [3.63, 3.8) is 0 Å². The second-order valence-electron chi connectivity index (χ2n) is 6.56. The molecule has 1 unspecified atom stereocenters. The smallest absolute Gasteiger partial charge is 0.258 e. The van der Waals surface area contributed by atoms with E-state index in [0.29, 0.717) is 24.2 Å². The van der Waals surface area contributed by atoms with Gasteiger partial charge >= 0.3 is 0 Å². The number of carbonyl (C=O) groups is 1.